The first-order valence-electron chi connectivity index (χ1n) is 6.57. The molecular formula is C14H22N2S. The number of hydrogen-bond acceptors (Lipinski definition) is 3. The van der Waals surface area contributed by atoms with E-state index in [1.54, 1.807) is 0 Å². The zero-order valence-corrected chi connectivity index (χ0v) is 11.4. The van der Waals surface area contributed by atoms with Gasteiger partial charge in [0.15, 0.2) is 0 Å². The topological polar surface area (TPSA) is 15.3 Å². The normalized spacial score (nSPS) is 15.0. The van der Waals surface area contributed by atoms with Crippen LogP contribution in [0.5, 0.6) is 0 Å². The van der Waals surface area contributed by atoms with Gasteiger partial charge in [-0.1, -0.05) is 19.1 Å². The Morgan fingerprint density at radius 3 is 3.12 bits per heavy atom. The molecule has 0 aromatic heterocycles. The third-order valence-electron chi connectivity index (χ3n) is 3.09. The van der Waals surface area contributed by atoms with Crippen molar-refractivity contribution >= 4 is 23.1 Å². The van der Waals surface area contributed by atoms with Crippen molar-refractivity contribution in [3.8, 4) is 0 Å². The Morgan fingerprint density at radius 2 is 2.24 bits per heavy atom. The molecule has 1 aliphatic heterocycles. The molecule has 0 bridgehead atoms. The van der Waals surface area contributed by atoms with E-state index >= 15 is 0 Å². The van der Waals surface area contributed by atoms with Crippen LogP contribution in [0.15, 0.2) is 24.3 Å². The minimum atomic E-state index is 1.09. The van der Waals surface area contributed by atoms with Gasteiger partial charge in [-0.25, -0.2) is 0 Å². The molecule has 94 valence electrons. The van der Waals surface area contributed by atoms with Crippen molar-refractivity contribution in [3.05, 3.63) is 24.3 Å². The number of para-hydroxylation sites is 2. The van der Waals surface area contributed by atoms with Gasteiger partial charge in [0, 0.05) is 19.6 Å². The second-order valence-electron chi connectivity index (χ2n) is 4.34. The fourth-order valence-corrected chi connectivity index (χ4v) is 2.87. The van der Waals surface area contributed by atoms with E-state index in [0.717, 1.165) is 6.54 Å². The maximum Gasteiger partial charge on any atom is 0.0602 e. The standard InChI is InChI=1S/C14H22N2S/c1-2-17-12-6-11-16-10-5-9-15-13-7-3-4-8-14(13)16/h3-4,7-8,15H,2,5-6,9-12H2,1H3. The first-order chi connectivity index (χ1) is 8.42. The summed E-state index contributed by atoms with van der Waals surface area (Å²) in [4.78, 5) is 2.53. The molecule has 0 saturated carbocycles. The number of rotatable bonds is 5. The molecule has 17 heavy (non-hydrogen) atoms. The molecule has 0 fully saturated rings. The lowest BCUT2D eigenvalue weighted by atomic mass is 10.2. The van der Waals surface area contributed by atoms with Crippen LogP contribution >= 0.6 is 11.8 Å². The lowest BCUT2D eigenvalue weighted by molar-refractivity contribution is 0.747. The number of nitrogens with one attached hydrogen (secondary N) is 1. The Morgan fingerprint density at radius 1 is 1.35 bits per heavy atom. The van der Waals surface area contributed by atoms with E-state index in [1.807, 2.05) is 11.8 Å². The van der Waals surface area contributed by atoms with E-state index < -0.39 is 0 Å². The number of benzene rings is 1. The molecule has 1 N–H and O–H groups in total. The van der Waals surface area contributed by atoms with Crippen LogP contribution in [0.25, 0.3) is 0 Å². The highest BCUT2D eigenvalue weighted by molar-refractivity contribution is 7.99. The van der Waals surface area contributed by atoms with Crippen LogP contribution in [-0.4, -0.2) is 31.1 Å². The average Bonchev–Trinajstić information content (AvgIpc) is 2.57. The molecule has 2 nitrogen and oxygen atoms in total. The molecule has 0 spiro atoms. The Kier molecular flexibility index (Phi) is 5.05. The fraction of sp³-hybridized carbons (Fsp3) is 0.571. The van der Waals surface area contributed by atoms with Crippen LogP contribution in [0, 0.1) is 0 Å². The maximum atomic E-state index is 3.51. The first-order valence-corrected chi connectivity index (χ1v) is 7.73. The third-order valence-corrected chi connectivity index (χ3v) is 4.07. The molecule has 0 atom stereocenters. The monoisotopic (exact) mass is 250 g/mol. The van der Waals surface area contributed by atoms with Gasteiger partial charge in [-0.15, -0.1) is 0 Å². The van der Waals surface area contributed by atoms with Crippen LogP contribution in [0.1, 0.15) is 19.8 Å². The zero-order chi connectivity index (χ0) is 11.9. The van der Waals surface area contributed by atoms with Crippen LogP contribution < -0.4 is 10.2 Å². The van der Waals surface area contributed by atoms with Crippen LogP contribution in [0.3, 0.4) is 0 Å². The highest BCUT2D eigenvalue weighted by Gasteiger charge is 2.13. The van der Waals surface area contributed by atoms with Crippen molar-refractivity contribution in [3.63, 3.8) is 0 Å². The highest BCUT2D eigenvalue weighted by Crippen LogP contribution is 2.28. The summed E-state index contributed by atoms with van der Waals surface area (Å²) in [5.41, 5.74) is 2.68. The molecule has 0 aliphatic carbocycles. The summed E-state index contributed by atoms with van der Waals surface area (Å²) >= 11 is 2.04. The second kappa shape index (κ2) is 6.80. The SMILES string of the molecule is CCSCCCN1CCCNc2ccccc21. The molecule has 0 unspecified atom stereocenters. The van der Waals surface area contributed by atoms with Gasteiger partial charge < -0.3 is 10.2 Å². The minimum Gasteiger partial charge on any atom is -0.383 e. The van der Waals surface area contributed by atoms with E-state index in [-0.39, 0.29) is 0 Å². The van der Waals surface area contributed by atoms with Gasteiger partial charge in [0.05, 0.1) is 11.4 Å². The van der Waals surface area contributed by atoms with E-state index in [1.165, 1.54) is 48.8 Å². The third kappa shape index (κ3) is 3.56. The van der Waals surface area contributed by atoms with E-state index in [4.69, 9.17) is 0 Å². The Labute approximate surface area is 109 Å². The predicted molar refractivity (Wildman–Crippen MR) is 79.4 cm³/mol. The van der Waals surface area contributed by atoms with Gasteiger partial charge in [0.25, 0.3) is 0 Å². The van der Waals surface area contributed by atoms with Crippen LogP contribution in [0.2, 0.25) is 0 Å². The van der Waals surface area contributed by atoms with Gasteiger partial charge >= 0.3 is 0 Å². The largest absolute Gasteiger partial charge is 0.383 e. The Balaban J connectivity index is 1.97. The van der Waals surface area contributed by atoms with Crippen molar-refractivity contribution < 1.29 is 0 Å². The first kappa shape index (κ1) is 12.6. The molecule has 0 radical (unpaired) electrons. The smallest absolute Gasteiger partial charge is 0.0602 e. The van der Waals surface area contributed by atoms with Gasteiger partial charge in [-0.3, -0.25) is 0 Å². The summed E-state index contributed by atoms with van der Waals surface area (Å²) in [5.74, 6) is 2.51. The molecule has 2 rings (SSSR count). The van der Waals surface area contributed by atoms with Gasteiger partial charge in [0.1, 0.15) is 0 Å². The maximum absolute atomic E-state index is 3.51. The lowest BCUT2D eigenvalue weighted by Gasteiger charge is -2.24. The second-order valence-corrected chi connectivity index (χ2v) is 5.73. The predicted octanol–water partition coefficient (Wildman–Crippen LogP) is 3.45. The van der Waals surface area contributed by atoms with Crippen molar-refractivity contribution in [1.82, 2.24) is 0 Å². The highest BCUT2D eigenvalue weighted by atomic mass is 32.2. The molecule has 1 heterocycles. The summed E-state index contributed by atoms with van der Waals surface area (Å²) in [7, 11) is 0. The molecule has 0 amide bonds. The quantitative estimate of drug-likeness (QED) is 0.806. The van der Waals surface area contributed by atoms with Gasteiger partial charge in [-0.2, -0.15) is 11.8 Å². The summed E-state index contributed by atoms with van der Waals surface area (Å²) in [5, 5.41) is 3.51. The van der Waals surface area contributed by atoms with Crippen LogP contribution in [-0.2, 0) is 0 Å². The molecular weight excluding hydrogens is 228 g/mol. The zero-order valence-electron chi connectivity index (χ0n) is 10.6. The van der Waals surface area contributed by atoms with Gasteiger partial charge in [0.2, 0.25) is 0 Å². The Bertz CT molecular complexity index is 341. The van der Waals surface area contributed by atoms with Crippen LogP contribution in [0.4, 0.5) is 11.4 Å². The summed E-state index contributed by atoms with van der Waals surface area (Å²) in [6.45, 7) is 5.69. The van der Waals surface area contributed by atoms with E-state index in [0.29, 0.717) is 0 Å². The Hall–Kier alpha value is -0.830. The van der Waals surface area contributed by atoms with Crippen molar-refractivity contribution in [1.29, 1.82) is 0 Å². The molecule has 3 heteroatoms. The molecule has 1 aromatic carbocycles. The average molecular weight is 250 g/mol. The number of thioether (sulfide) groups is 1. The summed E-state index contributed by atoms with van der Waals surface area (Å²) in [6.07, 6.45) is 2.52. The van der Waals surface area contributed by atoms with Crippen molar-refractivity contribution in [2.75, 3.05) is 41.4 Å². The number of hydrogen-bond donors (Lipinski definition) is 1. The molecule has 0 saturated heterocycles. The summed E-state index contributed by atoms with van der Waals surface area (Å²) < 4.78 is 0. The fourth-order valence-electron chi connectivity index (χ4n) is 2.25. The number of fused-ring (bicyclic) bond motifs is 1. The molecule has 1 aliphatic rings. The number of anilines is 2. The lowest BCUT2D eigenvalue weighted by Crippen LogP contribution is -2.25. The summed E-state index contributed by atoms with van der Waals surface area (Å²) in [6, 6.07) is 8.68. The van der Waals surface area contributed by atoms with E-state index in [2.05, 4.69) is 41.4 Å². The number of nitrogens with zero attached hydrogens (tertiary/aromatic N) is 1. The minimum absolute atomic E-state index is 1.09. The van der Waals surface area contributed by atoms with Crippen molar-refractivity contribution in [2.45, 2.75) is 19.8 Å². The molecule has 1 aromatic rings. The van der Waals surface area contributed by atoms with Crippen molar-refractivity contribution in [2.24, 2.45) is 0 Å². The van der Waals surface area contributed by atoms with Gasteiger partial charge in [-0.05, 0) is 36.5 Å². The van der Waals surface area contributed by atoms with E-state index in [9.17, 15) is 0 Å².